The molecule has 0 spiro atoms. The molecule has 1 aliphatic rings. The van der Waals surface area contributed by atoms with E-state index in [9.17, 15) is 5.11 Å². The molecule has 0 heterocycles. The minimum Gasteiger partial charge on any atom is -0.393 e. The van der Waals surface area contributed by atoms with Gasteiger partial charge in [0.2, 0.25) is 0 Å². The highest BCUT2D eigenvalue weighted by molar-refractivity contribution is 5.22. The molecule has 2 rings (SSSR count). The van der Waals surface area contributed by atoms with Crippen LogP contribution in [0.2, 0.25) is 0 Å². The summed E-state index contributed by atoms with van der Waals surface area (Å²) in [5, 5.41) is 12.9. The predicted molar refractivity (Wildman–Crippen MR) is 61.5 cm³/mol. The van der Waals surface area contributed by atoms with Crippen LogP contribution >= 0.6 is 0 Å². The molecular formula is C13H19NO. The summed E-state index contributed by atoms with van der Waals surface area (Å²) in [4.78, 5) is 0. The Kier molecular flexibility index (Phi) is 3.08. The molecule has 2 nitrogen and oxygen atoms in total. The van der Waals surface area contributed by atoms with Crippen LogP contribution in [0, 0.1) is 11.8 Å². The molecule has 4 atom stereocenters. The van der Waals surface area contributed by atoms with Crippen LogP contribution in [-0.2, 0) is 0 Å². The van der Waals surface area contributed by atoms with E-state index in [4.69, 9.17) is 0 Å². The first-order valence-corrected chi connectivity index (χ1v) is 5.64. The summed E-state index contributed by atoms with van der Waals surface area (Å²) < 4.78 is 0. The molecule has 1 aliphatic carbocycles. The van der Waals surface area contributed by atoms with Crippen LogP contribution in [0.5, 0.6) is 0 Å². The summed E-state index contributed by atoms with van der Waals surface area (Å²) in [5.41, 5.74) is 1.33. The largest absolute Gasteiger partial charge is 0.393 e. The highest BCUT2D eigenvalue weighted by Crippen LogP contribution is 2.49. The van der Waals surface area contributed by atoms with Crippen LogP contribution in [0.1, 0.15) is 24.9 Å². The first kappa shape index (κ1) is 10.7. The van der Waals surface area contributed by atoms with Crippen molar-refractivity contribution < 1.29 is 5.11 Å². The van der Waals surface area contributed by atoms with Gasteiger partial charge in [-0.25, -0.2) is 0 Å². The Morgan fingerprint density at radius 1 is 1.27 bits per heavy atom. The van der Waals surface area contributed by atoms with E-state index in [0.29, 0.717) is 17.9 Å². The van der Waals surface area contributed by atoms with Crippen molar-refractivity contribution in [3.8, 4) is 0 Å². The SMILES string of the molecule is CN[C@H](c1ccccc1)[C@H]1C[C@H]1[C@H](C)O. The molecule has 15 heavy (non-hydrogen) atoms. The molecule has 0 aliphatic heterocycles. The number of hydrogen-bond acceptors (Lipinski definition) is 2. The monoisotopic (exact) mass is 205 g/mol. The predicted octanol–water partition coefficient (Wildman–Crippen LogP) is 1.96. The standard InChI is InChI=1S/C13H19NO/c1-9(15)11-8-12(11)13(14-2)10-6-4-3-5-7-10/h3-7,9,11-15H,8H2,1-2H3/t9-,11-,12-,13+/m0/s1. The lowest BCUT2D eigenvalue weighted by molar-refractivity contribution is 0.160. The summed E-state index contributed by atoms with van der Waals surface area (Å²) in [5.74, 6) is 1.07. The lowest BCUT2D eigenvalue weighted by atomic mass is 10.0. The molecule has 0 aromatic heterocycles. The summed E-state index contributed by atoms with van der Waals surface area (Å²) >= 11 is 0. The Labute approximate surface area is 91.3 Å². The minimum absolute atomic E-state index is 0.172. The summed E-state index contributed by atoms with van der Waals surface area (Å²) in [6.07, 6.45) is 0.965. The maximum Gasteiger partial charge on any atom is 0.0543 e. The highest BCUT2D eigenvalue weighted by Gasteiger charge is 2.45. The number of rotatable bonds is 4. The summed E-state index contributed by atoms with van der Waals surface area (Å²) in [6.45, 7) is 1.89. The van der Waals surface area contributed by atoms with Gasteiger partial charge in [0.1, 0.15) is 0 Å². The number of aliphatic hydroxyl groups is 1. The molecule has 1 aromatic carbocycles. The third-order valence-electron chi connectivity index (χ3n) is 3.41. The van der Waals surface area contributed by atoms with Gasteiger partial charge in [0.05, 0.1) is 6.10 Å². The summed E-state index contributed by atoms with van der Waals surface area (Å²) in [6, 6.07) is 10.9. The molecule has 2 N–H and O–H groups in total. The number of benzene rings is 1. The van der Waals surface area contributed by atoms with Gasteiger partial charge in [-0.1, -0.05) is 30.3 Å². The fraction of sp³-hybridized carbons (Fsp3) is 0.538. The normalized spacial score (nSPS) is 28.5. The molecule has 0 saturated heterocycles. The van der Waals surface area contributed by atoms with Gasteiger partial charge in [-0.3, -0.25) is 0 Å². The molecule has 0 amide bonds. The second-order valence-corrected chi connectivity index (χ2v) is 4.48. The van der Waals surface area contributed by atoms with E-state index in [-0.39, 0.29) is 6.10 Å². The van der Waals surface area contributed by atoms with Crippen LogP contribution in [0.25, 0.3) is 0 Å². The maximum absolute atomic E-state index is 9.53. The fourth-order valence-corrected chi connectivity index (χ4v) is 2.46. The first-order valence-electron chi connectivity index (χ1n) is 5.64. The van der Waals surface area contributed by atoms with Gasteiger partial charge in [0.25, 0.3) is 0 Å². The van der Waals surface area contributed by atoms with Crippen LogP contribution in [0.3, 0.4) is 0 Å². The number of hydrogen-bond donors (Lipinski definition) is 2. The zero-order valence-electron chi connectivity index (χ0n) is 9.35. The second kappa shape index (κ2) is 4.33. The van der Waals surface area contributed by atoms with Crippen molar-refractivity contribution in [3.63, 3.8) is 0 Å². The van der Waals surface area contributed by atoms with E-state index in [2.05, 4.69) is 29.6 Å². The Balaban J connectivity index is 2.07. The third-order valence-corrected chi connectivity index (χ3v) is 3.41. The Morgan fingerprint density at radius 2 is 1.93 bits per heavy atom. The van der Waals surface area contributed by atoms with E-state index >= 15 is 0 Å². The van der Waals surface area contributed by atoms with Gasteiger partial charge in [-0.15, -0.1) is 0 Å². The van der Waals surface area contributed by atoms with E-state index in [1.807, 2.05) is 20.0 Å². The molecule has 1 saturated carbocycles. The van der Waals surface area contributed by atoms with E-state index < -0.39 is 0 Å². The zero-order chi connectivity index (χ0) is 10.8. The second-order valence-electron chi connectivity index (χ2n) is 4.48. The van der Waals surface area contributed by atoms with Gasteiger partial charge < -0.3 is 10.4 Å². The van der Waals surface area contributed by atoms with Gasteiger partial charge >= 0.3 is 0 Å². The molecule has 82 valence electrons. The molecule has 1 fully saturated rings. The maximum atomic E-state index is 9.53. The van der Waals surface area contributed by atoms with Crippen LogP contribution in [0.4, 0.5) is 0 Å². The fourth-order valence-electron chi connectivity index (χ4n) is 2.46. The van der Waals surface area contributed by atoms with E-state index in [1.54, 1.807) is 0 Å². The Morgan fingerprint density at radius 3 is 2.40 bits per heavy atom. The van der Waals surface area contributed by atoms with Crippen LogP contribution in [0.15, 0.2) is 30.3 Å². The highest BCUT2D eigenvalue weighted by atomic mass is 16.3. The molecular weight excluding hydrogens is 186 g/mol. The number of aliphatic hydroxyl groups excluding tert-OH is 1. The summed E-state index contributed by atoms with van der Waals surface area (Å²) in [7, 11) is 2.00. The van der Waals surface area contributed by atoms with Crippen molar-refractivity contribution in [2.24, 2.45) is 11.8 Å². The van der Waals surface area contributed by atoms with Crippen LogP contribution in [-0.4, -0.2) is 18.3 Å². The average Bonchev–Trinajstić information content (AvgIpc) is 3.01. The topological polar surface area (TPSA) is 32.3 Å². The molecule has 0 unspecified atom stereocenters. The van der Waals surface area contributed by atoms with Crippen molar-refractivity contribution in [1.29, 1.82) is 0 Å². The van der Waals surface area contributed by atoms with Gasteiger partial charge in [-0.05, 0) is 37.8 Å². The van der Waals surface area contributed by atoms with E-state index in [0.717, 1.165) is 6.42 Å². The molecule has 0 bridgehead atoms. The van der Waals surface area contributed by atoms with Gasteiger partial charge in [-0.2, -0.15) is 0 Å². The van der Waals surface area contributed by atoms with Crippen molar-refractivity contribution in [2.75, 3.05) is 7.05 Å². The quantitative estimate of drug-likeness (QED) is 0.787. The van der Waals surface area contributed by atoms with Crippen molar-refractivity contribution in [3.05, 3.63) is 35.9 Å². The molecule has 1 aromatic rings. The lowest BCUT2D eigenvalue weighted by Crippen LogP contribution is -2.20. The Hall–Kier alpha value is -0.860. The third kappa shape index (κ3) is 2.21. The number of nitrogens with one attached hydrogen (secondary N) is 1. The minimum atomic E-state index is -0.172. The molecule has 2 heteroatoms. The van der Waals surface area contributed by atoms with Crippen LogP contribution < -0.4 is 5.32 Å². The first-order chi connectivity index (χ1) is 7.24. The van der Waals surface area contributed by atoms with Gasteiger partial charge in [0, 0.05) is 6.04 Å². The zero-order valence-corrected chi connectivity index (χ0v) is 9.35. The van der Waals surface area contributed by atoms with Crippen molar-refractivity contribution in [2.45, 2.75) is 25.5 Å². The lowest BCUT2D eigenvalue weighted by Gasteiger charge is -2.17. The van der Waals surface area contributed by atoms with Gasteiger partial charge in [0.15, 0.2) is 0 Å². The molecule has 0 radical (unpaired) electrons. The van der Waals surface area contributed by atoms with E-state index in [1.165, 1.54) is 5.56 Å². The Bertz CT molecular complexity index is 310. The van der Waals surface area contributed by atoms with Crippen molar-refractivity contribution >= 4 is 0 Å². The van der Waals surface area contributed by atoms with Crippen molar-refractivity contribution in [1.82, 2.24) is 5.32 Å². The average molecular weight is 205 g/mol. The smallest absolute Gasteiger partial charge is 0.0543 e.